The summed E-state index contributed by atoms with van der Waals surface area (Å²) < 4.78 is 7.80. The predicted octanol–water partition coefficient (Wildman–Crippen LogP) is 5.46. The van der Waals surface area contributed by atoms with Crippen LogP contribution in [0, 0.1) is 5.92 Å². The zero-order valence-corrected chi connectivity index (χ0v) is 22.1. The summed E-state index contributed by atoms with van der Waals surface area (Å²) >= 11 is 0. The first-order valence-corrected chi connectivity index (χ1v) is 14.2. The van der Waals surface area contributed by atoms with E-state index in [-0.39, 0.29) is 17.7 Å². The summed E-state index contributed by atoms with van der Waals surface area (Å²) in [7, 11) is 0. The summed E-state index contributed by atoms with van der Waals surface area (Å²) in [6, 6.07) is 14.4. The number of ether oxygens (including phenoxy) is 1. The number of aromatic nitrogens is 1. The van der Waals surface area contributed by atoms with Crippen LogP contribution >= 0.6 is 0 Å². The third kappa shape index (κ3) is 4.41. The van der Waals surface area contributed by atoms with Crippen LogP contribution < -0.4 is 5.48 Å². The van der Waals surface area contributed by atoms with Gasteiger partial charge in [0.2, 0.25) is 5.91 Å². The highest BCUT2D eigenvalue weighted by Gasteiger charge is 2.47. The van der Waals surface area contributed by atoms with E-state index in [2.05, 4.69) is 41.8 Å². The molecule has 7 heteroatoms. The second-order valence-electron chi connectivity index (χ2n) is 11.0. The molecule has 2 aliphatic carbocycles. The number of carbonyl (C=O) groups excluding carboxylic acids is 2. The summed E-state index contributed by atoms with van der Waals surface area (Å²) in [5.74, 6) is 0.478. The van der Waals surface area contributed by atoms with E-state index in [1.807, 2.05) is 17.0 Å². The maximum Gasteiger partial charge on any atom is 0.274 e. The number of rotatable bonds is 6. The maximum absolute atomic E-state index is 13.3. The molecule has 2 aromatic carbocycles. The molecule has 7 nitrogen and oxygen atoms in total. The third-order valence-corrected chi connectivity index (χ3v) is 8.84. The number of carbonyl (C=O) groups is 2. The van der Waals surface area contributed by atoms with Crippen LogP contribution in [0.2, 0.25) is 0 Å². The van der Waals surface area contributed by atoms with Gasteiger partial charge >= 0.3 is 0 Å². The highest BCUT2D eigenvalue weighted by Crippen LogP contribution is 2.53. The summed E-state index contributed by atoms with van der Waals surface area (Å²) in [5.41, 5.74) is 8.32. The van der Waals surface area contributed by atoms with Crippen molar-refractivity contribution < 1.29 is 19.5 Å². The monoisotopic (exact) mass is 515 g/mol. The smallest absolute Gasteiger partial charge is 0.274 e. The normalized spacial score (nSPS) is 22.0. The van der Waals surface area contributed by atoms with Crippen molar-refractivity contribution in [3.05, 3.63) is 59.2 Å². The minimum absolute atomic E-state index is 0.0340. The summed E-state index contributed by atoms with van der Waals surface area (Å²) in [5, 5.41) is 10.4. The number of nitrogens with zero attached hydrogens (tertiary/aromatic N) is 2. The van der Waals surface area contributed by atoms with E-state index in [4.69, 9.17) is 4.74 Å². The molecule has 6 rings (SSSR count). The Bertz CT molecular complexity index is 1350. The first kappa shape index (κ1) is 25.1. The average molecular weight is 516 g/mol. The van der Waals surface area contributed by atoms with Crippen molar-refractivity contribution >= 4 is 22.7 Å². The summed E-state index contributed by atoms with van der Waals surface area (Å²) in [6.07, 6.45) is 6.96. The van der Waals surface area contributed by atoms with Gasteiger partial charge < -0.3 is 14.2 Å². The number of nitrogens with one attached hydrogen (secondary N) is 1. The number of benzene rings is 2. The molecule has 3 aromatic rings. The lowest BCUT2D eigenvalue weighted by Gasteiger charge is -2.27. The molecule has 2 N–H and O–H groups in total. The summed E-state index contributed by atoms with van der Waals surface area (Å²) in [6.45, 7) is 5.52. The van der Waals surface area contributed by atoms with E-state index >= 15 is 0 Å². The fraction of sp³-hybridized carbons (Fsp3) is 0.484. The molecule has 2 amide bonds. The fourth-order valence-electron chi connectivity index (χ4n) is 6.87. The van der Waals surface area contributed by atoms with Crippen molar-refractivity contribution in [2.45, 2.75) is 63.8 Å². The van der Waals surface area contributed by atoms with Crippen LogP contribution in [0.4, 0.5) is 0 Å². The molecule has 0 spiro atoms. The lowest BCUT2D eigenvalue weighted by molar-refractivity contribution is -0.136. The Morgan fingerprint density at radius 1 is 1.05 bits per heavy atom. The van der Waals surface area contributed by atoms with Crippen molar-refractivity contribution in [1.29, 1.82) is 0 Å². The van der Waals surface area contributed by atoms with Crippen molar-refractivity contribution in [1.82, 2.24) is 14.9 Å². The molecule has 1 aliphatic heterocycles. The van der Waals surface area contributed by atoms with Crippen LogP contribution in [0.3, 0.4) is 0 Å². The van der Waals surface area contributed by atoms with E-state index in [1.54, 1.807) is 5.48 Å². The van der Waals surface area contributed by atoms with E-state index in [0.717, 1.165) is 18.5 Å². The quantitative estimate of drug-likeness (QED) is 0.337. The Hall–Kier alpha value is -3.16. The number of hydroxylamine groups is 1. The van der Waals surface area contributed by atoms with Crippen molar-refractivity contribution in [3.63, 3.8) is 0 Å². The van der Waals surface area contributed by atoms with Crippen molar-refractivity contribution in [2.75, 3.05) is 26.3 Å². The van der Waals surface area contributed by atoms with Gasteiger partial charge in [0.1, 0.15) is 0 Å². The molecule has 1 saturated heterocycles. The first-order valence-electron chi connectivity index (χ1n) is 14.2. The number of morpholine rings is 1. The topological polar surface area (TPSA) is 83.8 Å². The Kier molecular flexibility index (Phi) is 6.97. The number of fused-ring (bicyclic) bond motifs is 1. The van der Waals surface area contributed by atoms with Crippen molar-refractivity contribution in [3.8, 4) is 11.3 Å². The maximum atomic E-state index is 13.3. The van der Waals surface area contributed by atoms with Crippen LogP contribution in [-0.2, 0) is 16.1 Å². The van der Waals surface area contributed by atoms with E-state index < -0.39 is 5.91 Å². The van der Waals surface area contributed by atoms with Crippen LogP contribution in [0.5, 0.6) is 0 Å². The molecule has 200 valence electrons. The predicted molar refractivity (Wildman–Crippen MR) is 146 cm³/mol. The lowest BCUT2D eigenvalue weighted by atomic mass is 9.81. The fourth-order valence-corrected chi connectivity index (χ4v) is 6.87. The van der Waals surface area contributed by atoms with Gasteiger partial charge in [0, 0.05) is 47.6 Å². The number of hydrogen-bond donors (Lipinski definition) is 2. The number of hydrogen-bond acceptors (Lipinski definition) is 4. The van der Waals surface area contributed by atoms with Gasteiger partial charge in [-0.3, -0.25) is 14.8 Å². The molecule has 0 bridgehead atoms. The Morgan fingerprint density at radius 2 is 1.82 bits per heavy atom. The number of aryl methyl sites for hydroxylation is 1. The van der Waals surface area contributed by atoms with Gasteiger partial charge in [-0.05, 0) is 61.3 Å². The molecule has 1 unspecified atom stereocenters. The minimum atomic E-state index is -0.501. The Balaban J connectivity index is 1.47. The second kappa shape index (κ2) is 10.5. The van der Waals surface area contributed by atoms with Crippen LogP contribution in [0.1, 0.15) is 78.8 Å². The molecule has 1 aromatic heterocycles. The van der Waals surface area contributed by atoms with Gasteiger partial charge in [-0.25, -0.2) is 5.48 Å². The molecule has 0 radical (unpaired) electrons. The molecule has 3 fully saturated rings. The van der Waals surface area contributed by atoms with Gasteiger partial charge in [-0.1, -0.05) is 49.6 Å². The highest BCUT2D eigenvalue weighted by molar-refractivity contribution is 6.00. The van der Waals surface area contributed by atoms with Gasteiger partial charge in [0.25, 0.3) is 5.91 Å². The molecular formula is C31H37N3O4. The first-order chi connectivity index (χ1) is 18.6. The molecule has 3 aliphatic rings. The Labute approximate surface area is 223 Å². The lowest BCUT2D eigenvalue weighted by Crippen LogP contribution is -2.41. The van der Waals surface area contributed by atoms with Crippen LogP contribution in [-0.4, -0.2) is 52.8 Å². The molecular weight excluding hydrogens is 478 g/mol. The van der Waals surface area contributed by atoms with Gasteiger partial charge in [0.05, 0.1) is 18.9 Å². The number of amides is 2. The molecule has 2 saturated carbocycles. The SMILES string of the molecule is CCn1c(-c2ccccc2[C@H]2CC2C(=O)N2CCOCC2)c(C2CCCCC2)c2ccc(C(=O)NO)cc21. The van der Waals surface area contributed by atoms with E-state index in [1.165, 1.54) is 59.9 Å². The third-order valence-electron chi connectivity index (χ3n) is 8.84. The molecule has 2 atom stereocenters. The minimum Gasteiger partial charge on any atom is -0.378 e. The molecule has 38 heavy (non-hydrogen) atoms. The van der Waals surface area contributed by atoms with E-state index in [0.29, 0.717) is 37.8 Å². The molecule has 2 heterocycles. The van der Waals surface area contributed by atoms with Gasteiger partial charge in [-0.2, -0.15) is 0 Å². The average Bonchev–Trinajstić information content (AvgIpc) is 3.71. The summed E-state index contributed by atoms with van der Waals surface area (Å²) in [4.78, 5) is 27.6. The second-order valence-corrected chi connectivity index (χ2v) is 11.0. The van der Waals surface area contributed by atoms with Gasteiger partial charge in [0.15, 0.2) is 0 Å². The zero-order chi connectivity index (χ0) is 26.2. The Morgan fingerprint density at radius 3 is 2.55 bits per heavy atom. The standard InChI is InChI=1S/C31H37N3O4/c1-2-34-27-18-21(30(35)32-37)12-13-24(27)28(20-8-4-3-5-9-20)29(34)23-11-7-6-10-22(23)25-19-26(25)31(36)33-14-16-38-17-15-33/h6-7,10-13,18,20,25-26,37H,2-5,8-9,14-17,19H2,1H3,(H,32,35)/t25-,26?/m1/s1. The highest BCUT2D eigenvalue weighted by atomic mass is 16.5. The zero-order valence-electron chi connectivity index (χ0n) is 22.1. The van der Waals surface area contributed by atoms with Crippen LogP contribution in [0.15, 0.2) is 42.5 Å². The van der Waals surface area contributed by atoms with Gasteiger partial charge in [-0.15, -0.1) is 0 Å². The van der Waals surface area contributed by atoms with E-state index in [9.17, 15) is 14.8 Å². The van der Waals surface area contributed by atoms with Crippen molar-refractivity contribution in [2.24, 2.45) is 5.92 Å². The van der Waals surface area contributed by atoms with Crippen LogP contribution in [0.25, 0.3) is 22.2 Å². The largest absolute Gasteiger partial charge is 0.378 e.